The lowest BCUT2D eigenvalue weighted by Gasteiger charge is -2.15. The number of benzene rings is 1. The third kappa shape index (κ3) is 5.29. The molecule has 0 radical (unpaired) electrons. The van der Waals surface area contributed by atoms with Crippen LogP contribution in [0, 0.1) is 0 Å². The molecule has 0 aliphatic rings. The van der Waals surface area contributed by atoms with E-state index in [2.05, 4.69) is 26.0 Å². The molecular formula is C11H14BrF3N2O2S. The second-order valence-electron chi connectivity index (χ2n) is 3.93. The Bertz CT molecular complexity index is 561. The Morgan fingerprint density at radius 1 is 1.30 bits per heavy atom. The van der Waals surface area contributed by atoms with Crippen LogP contribution in [-0.2, 0) is 16.2 Å². The summed E-state index contributed by atoms with van der Waals surface area (Å²) in [6, 6.07) is 3.48. The minimum absolute atomic E-state index is 0.116. The lowest BCUT2D eigenvalue weighted by molar-refractivity contribution is -0.136. The van der Waals surface area contributed by atoms with Crippen LogP contribution < -0.4 is 10.0 Å². The summed E-state index contributed by atoms with van der Waals surface area (Å²) >= 11 is 3.08. The van der Waals surface area contributed by atoms with E-state index in [4.69, 9.17) is 0 Å². The summed E-state index contributed by atoms with van der Waals surface area (Å²) in [4.78, 5) is 0. The quantitative estimate of drug-likeness (QED) is 0.804. The Morgan fingerprint density at radius 2 is 1.95 bits per heavy atom. The van der Waals surface area contributed by atoms with Crippen molar-refractivity contribution < 1.29 is 21.6 Å². The van der Waals surface area contributed by atoms with Crippen molar-refractivity contribution in [1.82, 2.24) is 4.72 Å². The number of nitrogens with one attached hydrogen (secondary N) is 2. The van der Waals surface area contributed by atoms with Crippen molar-refractivity contribution in [3.8, 4) is 0 Å². The van der Waals surface area contributed by atoms with E-state index in [1.807, 2.05) is 0 Å². The standard InChI is InChI=1S/C11H14BrF3N2O2S/c1-2-17-20(18,19)6-5-16-10-7-8(12)3-4-9(10)11(13,14)15/h3-4,7,16-17H,2,5-6H2,1H3. The third-order valence-electron chi connectivity index (χ3n) is 2.34. The summed E-state index contributed by atoms with van der Waals surface area (Å²) in [5.74, 6) is -0.301. The highest BCUT2D eigenvalue weighted by molar-refractivity contribution is 9.10. The van der Waals surface area contributed by atoms with Gasteiger partial charge in [0.1, 0.15) is 0 Å². The number of anilines is 1. The van der Waals surface area contributed by atoms with Gasteiger partial charge in [-0.25, -0.2) is 13.1 Å². The lowest BCUT2D eigenvalue weighted by Crippen LogP contribution is -2.29. The van der Waals surface area contributed by atoms with Gasteiger partial charge in [0.15, 0.2) is 0 Å². The molecule has 0 unspecified atom stereocenters. The van der Waals surface area contributed by atoms with Gasteiger partial charge >= 0.3 is 6.18 Å². The molecule has 1 aromatic rings. The van der Waals surface area contributed by atoms with Crippen LogP contribution in [0.3, 0.4) is 0 Å². The number of hydrogen-bond donors (Lipinski definition) is 2. The van der Waals surface area contributed by atoms with Gasteiger partial charge < -0.3 is 5.32 Å². The first-order valence-corrected chi connectivity index (χ1v) is 8.18. The molecule has 0 saturated carbocycles. The summed E-state index contributed by atoms with van der Waals surface area (Å²) in [7, 11) is -3.47. The Labute approximate surface area is 123 Å². The van der Waals surface area contributed by atoms with Crippen LogP contribution in [0.5, 0.6) is 0 Å². The van der Waals surface area contributed by atoms with Crippen LogP contribution in [0.25, 0.3) is 0 Å². The molecule has 2 N–H and O–H groups in total. The Kier molecular flexibility index (Phi) is 5.84. The van der Waals surface area contributed by atoms with Gasteiger partial charge in [-0.2, -0.15) is 13.2 Å². The Balaban J connectivity index is 2.80. The smallest absolute Gasteiger partial charge is 0.383 e. The largest absolute Gasteiger partial charge is 0.418 e. The average molecular weight is 375 g/mol. The van der Waals surface area contributed by atoms with Crippen LogP contribution in [-0.4, -0.2) is 27.3 Å². The van der Waals surface area contributed by atoms with Crippen LogP contribution in [0.15, 0.2) is 22.7 Å². The van der Waals surface area contributed by atoms with Crippen LogP contribution in [0.2, 0.25) is 0 Å². The molecule has 0 heterocycles. The molecule has 20 heavy (non-hydrogen) atoms. The second-order valence-corrected chi connectivity index (χ2v) is 6.77. The molecule has 0 amide bonds. The van der Waals surface area contributed by atoms with Gasteiger partial charge in [-0.05, 0) is 18.2 Å². The lowest BCUT2D eigenvalue weighted by atomic mass is 10.1. The molecule has 114 valence electrons. The fourth-order valence-electron chi connectivity index (χ4n) is 1.52. The van der Waals surface area contributed by atoms with E-state index in [1.165, 1.54) is 12.1 Å². The maximum atomic E-state index is 12.8. The van der Waals surface area contributed by atoms with Gasteiger partial charge in [-0.1, -0.05) is 22.9 Å². The highest BCUT2D eigenvalue weighted by Gasteiger charge is 2.33. The fraction of sp³-hybridized carbons (Fsp3) is 0.455. The molecule has 0 spiro atoms. The third-order valence-corrected chi connectivity index (χ3v) is 4.30. The molecule has 0 bridgehead atoms. The molecule has 0 aliphatic heterocycles. The molecule has 1 rings (SSSR count). The highest BCUT2D eigenvalue weighted by atomic mass is 79.9. The van der Waals surface area contributed by atoms with Crippen molar-refractivity contribution in [1.29, 1.82) is 0 Å². The number of halogens is 4. The number of sulfonamides is 1. The van der Waals surface area contributed by atoms with E-state index in [0.717, 1.165) is 6.07 Å². The van der Waals surface area contributed by atoms with Crippen LogP contribution in [0.1, 0.15) is 12.5 Å². The molecule has 0 aromatic heterocycles. The monoisotopic (exact) mass is 374 g/mol. The maximum absolute atomic E-state index is 12.8. The number of alkyl halides is 3. The number of rotatable bonds is 6. The zero-order valence-corrected chi connectivity index (χ0v) is 13.0. The first kappa shape index (κ1) is 17.3. The normalized spacial score (nSPS) is 12.4. The van der Waals surface area contributed by atoms with E-state index in [-0.39, 0.29) is 24.5 Å². The molecule has 0 aliphatic carbocycles. The molecule has 0 fully saturated rings. The van der Waals surface area contributed by atoms with Gasteiger partial charge in [0.25, 0.3) is 0 Å². The van der Waals surface area contributed by atoms with Crippen molar-refractivity contribution >= 4 is 31.6 Å². The summed E-state index contributed by atoms with van der Waals surface area (Å²) in [5.41, 5.74) is -0.986. The zero-order chi connectivity index (χ0) is 15.4. The van der Waals surface area contributed by atoms with E-state index >= 15 is 0 Å². The van der Waals surface area contributed by atoms with Crippen molar-refractivity contribution in [3.63, 3.8) is 0 Å². The minimum atomic E-state index is -4.50. The van der Waals surface area contributed by atoms with Crippen molar-refractivity contribution in [2.45, 2.75) is 13.1 Å². The Hall–Kier alpha value is -0.800. The zero-order valence-electron chi connectivity index (χ0n) is 10.6. The predicted octanol–water partition coefficient (Wildman–Crippen LogP) is 2.82. The van der Waals surface area contributed by atoms with E-state index in [1.54, 1.807) is 6.92 Å². The summed E-state index contributed by atoms with van der Waals surface area (Å²) in [5, 5.41) is 2.51. The topological polar surface area (TPSA) is 58.2 Å². The Morgan fingerprint density at radius 3 is 2.50 bits per heavy atom. The molecular weight excluding hydrogens is 361 g/mol. The summed E-state index contributed by atoms with van der Waals surface area (Å²) in [6.07, 6.45) is -4.50. The van der Waals surface area contributed by atoms with Crippen molar-refractivity contribution in [3.05, 3.63) is 28.2 Å². The SMILES string of the molecule is CCNS(=O)(=O)CCNc1cc(Br)ccc1C(F)(F)F. The first-order valence-electron chi connectivity index (χ1n) is 5.73. The van der Waals surface area contributed by atoms with E-state index in [0.29, 0.717) is 4.47 Å². The van der Waals surface area contributed by atoms with Crippen molar-refractivity contribution in [2.24, 2.45) is 0 Å². The second kappa shape index (κ2) is 6.77. The summed E-state index contributed by atoms with van der Waals surface area (Å²) in [6.45, 7) is 1.75. The summed E-state index contributed by atoms with van der Waals surface area (Å²) < 4.78 is 63.8. The molecule has 9 heteroatoms. The number of hydrogen-bond acceptors (Lipinski definition) is 3. The van der Waals surface area contributed by atoms with Crippen LogP contribution >= 0.6 is 15.9 Å². The molecule has 1 aromatic carbocycles. The minimum Gasteiger partial charge on any atom is -0.383 e. The van der Waals surface area contributed by atoms with Crippen molar-refractivity contribution in [2.75, 3.05) is 24.2 Å². The van der Waals surface area contributed by atoms with Gasteiger partial charge in [-0.3, -0.25) is 0 Å². The maximum Gasteiger partial charge on any atom is 0.418 e. The predicted molar refractivity (Wildman–Crippen MR) is 75.1 cm³/mol. The average Bonchev–Trinajstić information content (AvgIpc) is 2.26. The van der Waals surface area contributed by atoms with Gasteiger partial charge in [0.05, 0.1) is 11.3 Å². The first-order chi connectivity index (χ1) is 9.15. The molecule has 4 nitrogen and oxygen atoms in total. The van der Waals surface area contributed by atoms with E-state index < -0.39 is 21.8 Å². The van der Waals surface area contributed by atoms with Gasteiger partial charge in [-0.15, -0.1) is 0 Å². The highest BCUT2D eigenvalue weighted by Crippen LogP contribution is 2.36. The fourth-order valence-corrected chi connectivity index (χ4v) is 2.84. The molecule has 0 saturated heterocycles. The van der Waals surface area contributed by atoms with Gasteiger partial charge in [0.2, 0.25) is 10.0 Å². The van der Waals surface area contributed by atoms with Gasteiger partial charge in [0, 0.05) is 23.2 Å². The van der Waals surface area contributed by atoms with E-state index in [9.17, 15) is 21.6 Å². The van der Waals surface area contributed by atoms with Crippen LogP contribution in [0.4, 0.5) is 18.9 Å². The molecule has 0 atom stereocenters.